The van der Waals surface area contributed by atoms with Crippen molar-refractivity contribution in [2.24, 2.45) is 0 Å². The fourth-order valence-electron chi connectivity index (χ4n) is 0.200. The van der Waals surface area contributed by atoms with E-state index in [0.717, 1.165) is 13.7 Å². The normalized spacial score (nSPS) is 10.8. The molecule has 2 N–H and O–H groups in total. The van der Waals surface area contributed by atoms with Crippen molar-refractivity contribution in [2.75, 3.05) is 34.4 Å². The maximum atomic E-state index is 9.33. The molecule has 0 aromatic carbocycles. The Morgan fingerprint density at radius 1 is 1.42 bits per heavy atom. The number of likely N-dealkylation sites (N-methyl/N-ethyl adjacent to an activating group) is 1. The smallest absolute Gasteiger partial charge is 0.395 e. The van der Waals surface area contributed by atoms with E-state index in [1.807, 2.05) is 19.0 Å². The Labute approximate surface area is 72.7 Å². The number of nitrogens with zero attached hydrogens (tertiary/aromatic N) is 1. The lowest BCUT2D eigenvalue weighted by Gasteiger charge is -2.03. The molecule has 0 fully saturated rings. The summed E-state index contributed by atoms with van der Waals surface area (Å²) in [7, 11) is 0.562. The lowest BCUT2D eigenvalue weighted by molar-refractivity contribution is 0.243. The van der Waals surface area contributed by atoms with Crippen molar-refractivity contribution in [1.29, 1.82) is 0 Å². The van der Waals surface area contributed by atoms with Crippen LogP contribution in [0.1, 0.15) is 0 Å². The van der Waals surface area contributed by atoms with Gasteiger partial charge in [-0.3, -0.25) is 8.74 Å². The first-order valence-electron chi connectivity index (χ1n) is 3.12. The van der Waals surface area contributed by atoms with Crippen molar-refractivity contribution in [1.82, 2.24) is 4.90 Å². The van der Waals surface area contributed by atoms with E-state index in [4.69, 9.17) is 9.66 Å². The van der Waals surface area contributed by atoms with Gasteiger partial charge in [0.15, 0.2) is 0 Å². The van der Waals surface area contributed by atoms with Crippen molar-refractivity contribution < 1.29 is 22.3 Å². The number of aliphatic hydroxyl groups is 1. The third-order valence-corrected chi connectivity index (χ3v) is 1.18. The van der Waals surface area contributed by atoms with Crippen molar-refractivity contribution in [3.05, 3.63) is 0 Å². The maximum Gasteiger partial charge on any atom is 0.397 e. The van der Waals surface area contributed by atoms with Crippen molar-refractivity contribution >= 4 is 10.4 Å². The molecule has 0 atom stereocenters. The zero-order valence-electron chi connectivity index (χ0n) is 7.39. The minimum atomic E-state index is -4.16. The van der Waals surface area contributed by atoms with Crippen LogP contribution in [-0.4, -0.2) is 57.3 Å². The van der Waals surface area contributed by atoms with Crippen LogP contribution in [0.4, 0.5) is 0 Å². The molecule has 0 heterocycles. The molecule has 0 saturated heterocycles. The molecule has 0 spiro atoms. The van der Waals surface area contributed by atoms with Gasteiger partial charge in [-0.25, -0.2) is 0 Å². The monoisotopic (exact) mass is 201 g/mol. The van der Waals surface area contributed by atoms with E-state index in [1.54, 1.807) is 0 Å². The quantitative estimate of drug-likeness (QED) is 0.568. The third kappa shape index (κ3) is 22.6. The van der Waals surface area contributed by atoms with Gasteiger partial charge in [0, 0.05) is 6.54 Å². The van der Waals surface area contributed by atoms with Gasteiger partial charge in [-0.1, -0.05) is 0 Å². The molecule has 0 amide bonds. The standard InChI is InChI=1S/C4H11NO.CH4O4S/c1-5(2)3-4-6;1-5-6(2,3)4/h6H,3-4H2,1-2H3;1H3,(H,2,3,4). The maximum absolute atomic E-state index is 9.33. The molecule has 0 aliphatic rings. The number of rotatable bonds is 3. The van der Waals surface area contributed by atoms with Gasteiger partial charge in [-0.2, -0.15) is 8.42 Å². The minimum Gasteiger partial charge on any atom is -0.395 e. The summed E-state index contributed by atoms with van der Waals surface area (Å²) in [5, 5.41) is 8.20. The van der Waals surface area contributed by atoms with Gasteiger partial charge in [0.2, 0.25) is 0 Å². The van der Waals surface area contributed by atoms with Crippen LogP contribution in [0.25, 0.3) is 0 Å². The SMILES string of the molecule is CN(C)CCO.COS(=O)(=O)O. The molecule has 0 rings (SSSR count). The first kappa shape index (κ1) is 14.3. The van der Waals surface area contributed by atoms with E-state index < -0.39 is 10.4 Å². The summed E-state index contributed by atoms with van der Waals surface area (Å²) in [6, 6.07) is 0. The fraction of sp³-hybridized carbons (Fsp3) is 1.00. The van der Waals surface area contributed by atoms with Gasteiger partial charge in [-0.15, -0.1) is 0 Å². The Morgan fingerprint density at radius 2 is 1.75 bits per heavy atom. The average Bonchev–Trinajstić information content (AvgIpc) is 1.87. The van der Waals surface area contributed by atoms with Gasteiger partial charge < -0.3 is 10.0 Å². The number of hydrogen-bond donors (Lipinski definition) is 2. The Hall–Kier alpha value is -0.210. The summed E-state index contributed by atoms with van der Waals surface area (Å²) in [6.45, 7) is 1.02. The summed E-state index contributed by atoms with van der Waals surface area (Å²) in [5.74, 6) is 0. The third-order valence-electron chi connectivity index (χ3n) is 0.758. The molecule has 0 radical (unpaired) electrons. The Bertz CT molecular complexity index is 176. The second kappa shape index (κ2) is 7.44. The molecule has 0 unspecified atom stereocenters. The number of hydrogen-bond acceptors (Lipinski definition) is 5. The molecule has 6 nitrogen and oxygen atoms in total. The van der Waals surface area contributed by atoms with Crippen molar-refractivity contribution in [3.63, 3.8) is 0 Å². The second-order valence-electron chi connectivity index (χ2n) is 2.12. The van der Waals surface area contributed by atoms with Gasteiger partial charge >= 0.3 is 10.4 Å². The average molecular weight is 201 g/mol. The van der Waals surface area contributed by atoms with E-state index in [0.29, 0.717) is 0 Å². The highest BCUT2D eigenvalue weighted by Gasteiger charge is 1.94. The summed E-state index contributed by atoms with van der Waals surface area (Å²) < 4.78 is 29.7. The predicted octanol–water partition coefficient (Wildman–Crippen LogP) is -1.02. The predicted molar refractivity (Wildman–Crippen MR) is 44.2 cm³/mol. The molecule has 0 bridgehead atoms. The Kier molecular flexibility index (Phi) is 8.88. The molecule has 76 valence electrons. The molecule has 12 heavy (non-hydrogen) atoms. The molecule has 0 aliphatic heterocycles. The molecular weight excluding hydrogens is 186 g/mol. The number of aliphatic hydroxyl groups excluding tert-OH is 1. The zero-order chi connectivity index (χ0) is 10.2. The molecular formula is C5H15NO5S. The van der Waals surface area contributed by atoms with E-state index in [1.165, 1.54) is 0 Å². The second-order valence-corrected chi connectivity index (χ2v) is 3.31. The van der Waals surface area contributed by atoms with Crippen LogP contribution in [0.5, 0.6) is 0 Å². The lowest BCUT2D eigenvalue weighted by atomic mass is 10.6. The van der Waals surface area contributed by atoms with Gasteiger partial charge in [0.25, 0.3) is 0 Å². The lowest BCUT2D eigenvalue weighted by Crippen LogP contribution is -2.15. The highest BCUT2D eigenvalue weighted by Crippen LogP contribution is 1.74. The van der Waals surface area contributed by atoms with E-state index in [9.17, 15) is 8.42 Å². The largest absolute Gasteiger partial charge is 0.397 e. The first-order chi connectivity index (χ1) is 5.33. The molecule has 0 aromatic rings. The first-order valence-corrected chi connectivity index (χ1v) is 4.48. The van der Waals surface area contributed by atoms with Crippen LogP contribution in [0, 0.1) is 0 Å². The Morgan fingerprint density at radius 3 is 1.75 bits per heavy atom. The van der Waals surface area contributed by atoms with E-state index >= 15 is 0 Å². The van der Waals surface area contributed by atoms with Crippen LogP contribution in [0.15, 0.2) is 0 Å². The van der Waals surface area contributed by atoms with Gasteiger partial charge in [-0.05, 0) is 14.1 Å². The minimum absolute atomic E-state index is 0.257. The summed E-state index contributed by atoms with van der Waals surface area (Å²) in [5.41, 5.74) is 0. The molecule has 0 aromatic heterocycles. The van der Waals surface area contributed by atoms with E-state index in [2.05, 4.69) is 4.18 Å². The van der Waals surface area contributed by atoms with Crippen LogP contribution in [-0.2, 0) is 14.6 Å². The highest BCUT2D eigenvalue weighted by atomic mass is 32.3. The topological polar surface area (TPSA) is 87.1 Å². The van der Waals surface area contributed by atoms with E-state index in [-0.39, 0.29) is 6.61 Å². The van der Waals surface area contributed by atoms with Crippen LogP contribution >= 0.6 is 0 Å². The highest BCUT2D eigenvalue weighted by molar-refractivity contribution is 7.80. The van der Waals surface area contributed by atoms with Gasteiger partial charge in [0.05, 0.1) is 13.7 Å². The van der Waals surface area contributed by atoms with Gasteiger partial charge in [0.1, 0.15) is 0 Å². The molecule has 0 saturated carbocycles. The summed E-state index contributed by atoms with van der Waals surface area (Å²) >= 11 is 0. The summed E-state index contributed by atoms with van der Waals surface area (Å²) in [6.07, 6.45) is 0. The van der Waals surface area contributed by atoms with Crippen molar-refractivity contribution in [2.45, 2.75) is 0 Å². The molecule has 7 heteroatoms. The van der Waals surface area contributed by atoms with Crippen LogP contribution < -0.4 is 0 Å². The van der Waals surface area contributed by atoms with Crippen LogP contribution in [0.3, 0.4) is 0 Å². The van der Waals surface area contributed by atoms with Crippen molar-refractivity contribution in [3.8, 4) is 0 Å². The fourth-order valence-corrected chi connectivity index (χ4v) is 0.200. The zero-order valence-corrected chi connectivity index (χ0v) is 8.21. The Balaban J connectivity index is 0. The van der Waals surface area contributed by atoms with Crippen LogP contribution in [0.2, 0.25) is 0 Å². The molecule has 0 aliphatic carbocycles. The summed E-state index contributed by atoms with van der Waals surface area (Å²) in [4.78, 5) is 1.93.